The van der Waals surface area contributed by atoms with Gasteiger partial charge in [0.05, 0.1) is 7.11 Å². The van der Waals surface area contributed by atoms with Crippen LogP contribution in [0.5, 0.6) is 11.5 Å². The Labute approximate surface area is 96.4 Å². The number of hydrogen-bond acceptors (Lipinski definition) is 3. The molecular formula is C13H18O3. The SMILES string of the molecule is COc1cc(C(C)(C)C)ccc1OCC=O. The lowest BCUT2D eigenvalue weighted by molar-refractivity contribution is -0.109. The Morgan fingerprint density at radius 2 is 1.94 bits per heavy atom. The van der Waals surface area contributed by atoms with E-state index in [9.17, 15) is 4.79 Å². The van der Waals surface area contributed by atoms with Crippen LogP contribution in [0.25, 0.3) is 0 Å². The second-order valence-electron chi connectivity index (χ2n) is 4.59. The highest BCUT2D eigenvalue weighted by molar-refractivity contribution is 5.53. The average molecular weight is 222 g/mol. The van der Waals surface area contributed by atoms with Gasteiger partial charge in [-0.05, 0) is 23.1 Å². The molecular weight excluding hydrogens is 204 g/mol. The van der Waals surface area contributed by atoms with Gasteiger partial charge in [-0.25, -0.2) is 0 Å². The van der Waals surface area contributed by atoms with Crippen LogP contribution in [0.1, 0.15) is 26.3 Å². The molecule has 0 fully saturated rings. The van der Waals surface area contributed by atoms with Crippen molar-refractivity contribution < 1.29 is 14.3 Å². The van der Waals surface area contributed by atoms with Gasteiger partial charge in [-0.1, -0.05) is 26.8 Å². The minimum atomic E-state index is 0.0468. The molecule has 0 aromatic heterocycles. The fraction of sp³-hybridized carbons (Fsp3) is 0.462. The lowest BCUT2D eigenvalue weighted by Crippen LogP contribution is -2.11. The van der Waals surface area contributed by atoms with Crippen molar-refractivity contribution in [3.05, 3.63) is 23.8 Å². The minimum absolute atomic E-state index is 0.0468. The van der Waals surface area contributed by atoms with Crippen LogP contribution in [0.15, 0.2) is 18.2 Å². The van der Waals surface area contributed by atoms with Crippen LogP contribution in [-0.4, -0.2) is 20.0 Å². The number of carbonyl (C=O) groups excluding carboxylic acids is 1. The first kappa shape index (κ1) is 12.6. The van der Waals surface area contributed by atoms with Crippen molar-refractivity contribution in [2.45, 2.75) is 26.2 Å². The predicted octanol–water partition coefficient (Wildman–Crippen LogP) is 2.57. The number of benzene rings is 1. The Morgan fingerprint density at radius 1 is 1.25 bits per heavy atom. The summed E-state index contributed by atoms with van der Waals surface area (Å²) < 4.78 is 10.5. The maximum Gasteiger partial charge on any atom is 0.161 e. The van der Waals surface area contributed by atoms with Crippen molar-refractivity contribution in [3.63, 3.8) is 0 Å². The Balaban J connectivity index is 3.02. The molecule has 0 bridgehead atoms. The van der Waals surface area contributed by atoms with Gasteiger partial charge in [0.1, 0.15) is 6.61 Å². The molecule has 1 rings (SSSR count). The highest BCUT2D eigenvalue weighted by atomic mass is 16.5. The zero-order chi connectivity index (χ0) is 12.2. The van der Waals surface area contributed by atoms with Crippen LogP contribution in [0, 0.1) is 0 Å². The molecule has 0 aliphatic carbocycles. The van der Waals surface area contributed by atoms with Crippen LogP contribution >= 0.6 is 0 Å². The third-order valence-electron chi connectivity index (χ3n) is 2.34. The van der Waals surface area contributed by atoms with Gasteiger partial charge in [-0.3, -0.25) is 4.79 Å². The number of methoxy groups -OCH3 is 1. The molecule has 0 N–H and O–H groups in total. The topological polar surface area (TPSA) is 35.5 Å². The summed E-state index contributed by atoms with van der Waals surface area (Å²) in [7, 11) is 1.59. The Kier molecular flexibility index (Phi) is 3.93. The second kappa shape index (κ2) is 5.01. The maximum absolute atomic E-state index is 10.2. The zero-order valence-electron chi connectivity index (χ0n) is 10.2. The number of rotatable bonds is 4. The number of carbonyl (C=O) groups is 1. The average Bonchev–Trinajstić information content (AvgIpc) is 2.24. The third kappa shape index (κ3) is 2.99. The van der Waals surface area contributed by atoms with Gasteiger partial charge < -0.3 is 9.47 Å². The van der Waals surface area contributed by atoms with Gasteiger partial charge >= 0.3 is 0 Å². The molecule has 0 atom stereocenters. The van der Waals surface area contributed by atoms with E-state index in [1.54, 1.807) is 7.11 Å². The molecule has 0 radical (unpaired) electrons. The van der Waals surface area contributed by atoms with E-state index >= 15 is 0 Å². The summed E-state index contributed by atoms with van der Waals surface area (Å²) in [5, 5.41) is 0. The molecule has 3 heteroatoms. The standard InChI is InChI=1S/C13H18O3/c1-13(2,3)10-5-6-11(16-8-7-14)12(9-10)15-4/h5-7,9H,8H2,1-4H3. The Morgan fingerprint density at radius 3 is 2.44 bits per heavy atom. The number of aldehydes is 1. The summed E-state index contributed by atoms with van der Waals surface area (Å²) in [6.45, 7) is 6.44. The van der Waals surface area contributed by atoms with Crippen LogP contribution in [-0.2, 0) is 10.2 Å². The van der Waals surface area contributed by atoms with E-state index in [2.05, 4.69) is 20.8 Å². The Hall–Kier alpha value is -1.51. The van der Waals surface area contributed by atoms with Crippen molar-refractivity contribution in [3.8, 4) is 11.5 Å². The zero-order valence-corrected chi connectivity index (χ0v) is 10.2. The van der Waals surface area contributed by atoms with E-state index in [1.807, 2.05) is 18.2 Å². The number of hydrogen-bond donors (Lipinski definition) is 0. The molecule has 0 aliphatic rings. The first-order chi connectivity index (χ1) is 7.49. The molecule has 16 heavy (non-hydrogen) atoms. The van der Waals surface area contributed by atoms with E-state index in [1.165, 1.54) is 5.56 Å². The molecule has 3 nitrogen and oxygen atoms in total. The van der Waals surface area contributed by atoms with Crippen LogP contribution in [0.2, 0.25) is 0 Å². The molecule has 1 aromatic rings. The van der Waals surface area contributed by atoms with Gasteiger partial charge in [0, 0.05) is 0 Å². The van der Waals surface area contributed by atoms with Crippen LogP contribution in [0.4, 0.5) is 0 Å². The van der Waals surface area contributed by atoms with Crippen molar-refractivity contribution in [1.82, 2.24) is 0 Å². The minimum Gasteiger partial charge on any atom is -0.493 e. The van der Waals surface area contributed by atoms with E-state index in [0.29, 0.717) is 11.5 Å². The van der Waals surface area contributed by atoms with E-state index < -0.39 is 0 Å². The lowest BCUT2D eigenvalue weighted by Gasteiger charge is -2.20. The summed E-state index contributed by atoms with van der Waals surface area (Å²) in [6, 6.07) is 5.77. The fourth-order valence-corrected chi connectivity index (χ4v) is 1.38. The molecule has 0 spiro atoms. The smallest absolute Gasteiger partial charge is 0.161 e. The molecule has 0 amide bonds. The van der Waals surface area contributed by atoms with E-state index in [4.69, 9.17) is 9.47 Å². The largest absolute Gasteiger partial charge is 0.493 e. The molecule has 0 heterocycles. The molecule has 0 unspecified atom stereocenters. The summed E-state index contributed by atoms with van der Waals surface area (Å²) >= 11 is 0. The van der Waals surface area contributed by atoms with Gasteiger partial charge in [-0.2, -0.15) is 0 Å². The lowest BCUT2D eigenvalue weighted by atomic mass is 9.87. The molecule has 0 aliphatic heterocycles. The fourth-order valence-electron chi connectivity index (χ4n) is 1.38. The summed E-state index contributed by atoms with van der Waals surface area (Å²) in [6.07, 6.45) is 0.719. The predicted molar refractivity (Wildman–Crippen MR) is 63.3 cm³/mol. The molecule has 0 saturated heterocycles. The highest BCUT2D eigenvalue weighted by Gasteiger charge is 2.16. The summed E-state index contributed by atoms with van der Waals surface area (Å²) in [5.74, 6) is 1.26. The number of ether oxygens (including phenoxy) is 2. The van der Waals surface area contributed by atoms with Crippen molar-refractivity contribution in [2.24, 2.45) is 0 Å². The molecule has 0 saturated carbocycles. The van der Waals surface area contributed by atoms with Crippen LogP contribution in [0.3, 0.4) is 0 Å². The van der Waals surface area contributed by atoms with E-state index in [0.717, 1.165) is 6.29 Å². The van der Waals surface area contributed by atoms with Crippen molar-refractivity contribution in [2.75, 3.05) is 13.7 Å². The third-order valence-corrected chi connectivity index (χ3v) is 2.34. The first-order valence-corrected chi connectivity index (χ1v) is 5.24. The van der Waals surface area contributed by atoms with Gasteiger partial charge in [0.2, 0.25) is 0 Å². The van der Waals surface area contributed by atoms with Crippen LogP contribution < -0.4 is 9.47 Å². The quantitative estimate of drug-likeness (QED) is 0.734. The summed E-state index contributed by atoms with van der Waals surface area (Å²) in [4.78, 5) is 10.2. The monoisotopic (exact) mass is 222 g/mol. The first-order valence-electron chi connectivity index (χ1n) is 5.24. The van der Waals surface area contributed by atoms with Gasteiger partial charge in [0.25, 0.3) is 0 Å². The van der Waals surface area contributed by atoms with Gasteiger partial charge in [-0.15, -0.1) is 0 Å². The van der Waals surface area contributed by atoms with Crippen molar-refractivity contribution >= 4 is 6.29 Å². The molecule has 88 valence electrons. The van der Waals surface area contributed by atoms with Crippen molar-refractivity contribution in [1.29, 1.82) is 0 Å². The normalized spacial score (nSPS) is 11.0. The maximum atomic E-state index is 10.2. The highest BCUT2D eigenvalue weighted by Crippen LogP contribution is 2.32. The Bertz CT molecular complexity index is 364. The summed E-state index contributed by atoms with van der Waals surface area (Å²) in [5.41, 5.74) is 1.24. The van der Waals surface area contributed by atoms with E-state index in [-0.39, 0.29) is 12.0 Å². The second-order valence-corrected chi connectivity index (χ2v) is 4.59. The molecule has 1 aromatic carbocycles. The van der Waals surface area contributed by atoms with Gasteiger partial charge in [0.15, 0.2) is 17.8 Å².